The summed E-state index contributed by atoms with van der Waals surface area (Å²) in [5.41, 5.74) is 0.973. The molecule has 1 aromatic rings. The van der Waals surface area contributed by atoms with Crippen molar-refractivity contribution in [2.75, 3.05) is 18.9 Å². The summed E-state index contributed by atoms with van der Waals surface area (Å²) in [6.45, 7) is 3.95. The molecule has 1 heterocycles. The molecule has 1 rings (SSSR count). The largest absolute Gasteiger partial charge is 0.372 e. The Labute approximate surface area is 78.8 Å². The number of hydrogen-bond acceptors (Lipinski definition) is 4. The van der Waals surface area contributed by atoms with Crippen molar-refractivity contribution in [1.82, 2.24) is 15.3 Å². The lowest BCUT2D eigenvalue weighted by molar-refractivity contribution is 0.662. The van der Waals surface area contributed by atoms with Crippen LogP contribution in [0.15, 0.2) is 12.4 Å². The van der Waals surface area contributed by atoms with Crippen molar-refractivity contribution < 1.29 is 0 Å². The Kier molecular flexibility index (Phi) is 4.18. The van der Waals surface area contributed by atoms with E-state index in [2.05, 4.69) is 27.5 Å². The summed E-state index contributed by atoms with van der Waals surface area (Å²) in [6, 6.07) is 0. The topological polar surface area (TPSA) is 49.8 Å². The van der Waals surface area contributed by atoms with E-state index in [9.17, 15) is 0 Å². The monoisotopic (exact) mass is 180 g/mol. The van der Waals surface area contributed by atoms with Crippen LogP contribution >= 0.6 is 0 Å². The van der Waals surface area contributed by atoms with Crippen molar-refractivity contribution in [1.29, 1.82) is 0 Å². The minimum atomic E-state index is 0.788. The molecule has 0 spiro atoms. The van der Waals surface area contributed by atoms with Gasteiger partial charge in [0.25, 0.3) is 0 Å². The summed E-state index contributed by atoms with van der Waals surface area (Å²) in [6.07, 6.45) is 4.63. The van der Waals surface area contributed by atoms with Crippen molar-refractivity contribution in [3.63, 3.8) is 0 Å². The summed E-state index contributed by atoms with van der Waals surface area (Å²) < 4.78 is 0. The van der Waals surface area contributed by atoms with Gasteiger partial charge >= 0.3 is 0 Å². The lowest BCUT2D eigenvalue weighted by Gasteiger charge is -2.03. The molecule has 0 amide bonds. The Hall–Kier alpha value is -1.16. The average Bonchev–Trinajstić information content (AvgIpc) is 2.19. The van der Waals surface area contributed by atoms with Crippen LogP contribution in [0.4, 0.5) is 5.82 Å². The molecule has 0 saturated carbocycles. The van der Waals surface area contributed by atoms with E-state index in [-0.39, 0.29) is 0 Å². The number of hydrogen-bond donors (Lipinski definition) is 2. The van der Waals surface area contributed by atoms with Gasteiger partial charge in [0.1, 0.15) is 5.82 Å². The molecule has 0 aromatic carbocycles. The number of rotatable bonds is 5. The maximum atomic E-state index is 4.33. The van der Waals surface area contributed by atoms with E-state index in [1.807, 2.05) is 7.05 Å². The van der Waals surface area contributed by atoms with Gasteiger partial charge in [-0.05, 0) is 13.0 Å². The third-order valence-corrected chi connectivity index (χ3v) is 1.67. The first-order valence-electron chi connectivity index (χ1n) is 4.56. The van der Waals surface area contributed by atoms with Crippen LogP contribution in [0.1, 0.15) is 19.0 Å². The first-order valence-corrected chi connectivity index (χ1v) is 4.56. The molecule has 4 heteroatoms. The lowest BCUT2D eigenvalue weighted by atomic mass is 10.4. The van der Waals surface area contributed by atoms with Gasteiger partial charge in [0, 0.05) is 19.8 Å². The molecule has 1 aromatic heterocycles. The number of nitrogens with zero attached hydrogens (tertiary/aromatic N) is 2. The lowest BCUT2D eigenvalue weighted by Crippen LogP contribution is -2.15. The van der Waals surface area contributed by atoms with E-state index in [1.54, 1.807) is 12.4 Å². The molecule has 4 nitrogen and oxygen atoms in total. The van der Waals surface area contributed by atoms with Crippen molar-refractivity contribution in [2.24, 2.45) is 0 Å². The maximum absolute atomic E-state index is 4.33. The molecule has 0 fully saturated rings. The highest BCUT2D eigenvalue weighted by molar-refractivity contribution is 5.30. The van der Waals surface area contributed by atoms with Crippen LogP contribution < -0.4 is 10.6 Å². The standard InChI is InChI=1S/C9H16N4/c1-3-4-11-5-8-6-12-7-9(10-2)13-8/h6-7,11H,3-5H2,1-2H3,(H,10,13). The predicted molar refractivity (Wildman–Crippen MR) is 53.6 cm³/mol. The number of nitrogens with one attached hydrogen (secondary N) is 2. The Morgan fingerprint density at radius 3 is 2.92 bits per heavy atom. The normalized spacial score (nSPS) is 10.0. The van der Waals surface area contributed by atoms with Crippen LogP contribution in [-0.2, 0) is 6.54 Å². The van der Waals surface area contributed by atoms with Crippen LogP contribution in [0.3, 0.4) is 0 Å². The molecule has 0 bridgehead atoms. The Morgan fingerprint density at radius 2 is 2.23 bits per heavy atom. The SMILES string of the molecule is CCCNCc1cncc(NC)n1. The second-order valence-electron chi connectivity index (χ2n) is 2.82. The second kappa shape index (κ2) is 5.48. The third kappa shape index (κ3) is 3.38. The van der Waals surface area contributed by atoms with E-state index in [0.29, 0.717) is 0 Å². The minimum absolute atomic E-state index is 0.788. The number of aromatic nitrogens is 2. The minimum Gasteiger partial charge on any atom is -0.372 e. The van der Waals surface area contributed by atoms with Crippen LogP contribution in [0.25, 0.3) is 0 Å². The van der Waals surface area contributed by atoms with E-state index in [1.165, 1.54) is 0 Å². The van der Waals surface area contributed by atoms with Crippen molar-refractivity contribution in [3.05, 3.63) is 18.1 Å². The zero-order valence-electron chi connectivity index (χ0n) is 8.17. The van der Waals surface area contributed by atoms with Gasteiger partial charge in [-0.25, -0.2) is 4.98 Å². The first-order chi connectivity index (χ1) is 6.36. The van der Waals surface area contributed by atoms with Crippen molar-refractivity contribution in [2.45, 2.75) is 19.9 Å². The van der Waals surface area contributed by atoms with Gasteiger partial charge < -0.3 is 10.6 Å². The molecule has 0 saturated heterocycles. The molecule has 0 aliphatic carbocycles. The summed E-state index contributed by atoms with van der Waals surface area (Å²) >= 11 is 0. The zero-order valence-corrected chi connectivity index (χ0v) is 8.17. The highest BCUT2D eigenvalue weighted by Gasteiger charge is 1.95. The first kappa shape index (κ1) is 9.92. The van der Waals surface area contributed by atoms with Gasteiger partial charge in [-0.3, -0.25) is 4.98 Å². The van der Waals surface area contributed by atoms with Crippen LogP contribution in [-0.4, -0.2) is 23.6 Å². The third-order valence-electron chi connectivity index (χ3n) is 1.67. The average molecular weight is 180 g/mol. The Balaban J connectivity index is 2.46. The van der Waals surface area contributed by atoms with Gasteiger partial charge in [0.15, 0.2) is 0 Å². The van der Waals surface area contributed by atoms with E-state index in [0.717, 1.165) is 31.0 Å². The molecule has 0 aliphatic rings. The molecular formula is C9H16N4. The van der Waals surface area contributed by atoms with E-state index >= 15 is 0 Å². The van der Waals surface area contributed by atoms with Crippen molar-refractivity contribution >= 4 is 5.82 Å². The summed E-state index contributed by atoms with van der Waals surface area (Å²) in [5.74, 6) is 0.816. The fourth-order valence-electron chi connectivity index (χ4n) is 1.01. The molecular weight excluding hydrogens is 164 g/mol. The zero-order chi connectivity index (χ0) is 9.52. The molecule has 2 N–H and O–H groups in total. The summed E-state index contributed by atoms with van der Waals surface area (Å²) in [4.78, 5) is 8.40. The fourth-order valence-corrected chi connectivity index (χ4v) is 1.01. The van der Waals surface area contributed by atoms with Crippen LogP contribution in [0.2, 0.25) is 0 Å². The second-order valence-corrected chi connectivity index (χ2v) is 2.82. The Bertz CT molecular complexity index is 249. The van der Waals surface area contributed by atoms with Crippen molar-refractivity contribution in [3.8, 4) is 0 Å². The number of anilines is 1. The van der Waals surface area contributed by atoms with Gasteiger partial charge in [0.2, 0.25) is 0 Å². The van der Waals surface area contributed by atoms with Gasteiger partial charge in [-0.15, -0.1) is 0 Å². The smallest absolute Gasteiger partial charge is 0.144 e. The highest BCUT2D eigenvalue weighted by Crippen LogP contribution is 1.99. The predicted octanol–water partition coefficient (Wildman–Crippen LogP) is 1.02. The van der Waals surface area contributed by atoms with Gasteiger partial charge in [0.05, 0.1) is 11.9 Å². The van der Waals surface area contributed by atoms with Crippen LogP contribution in [0.5, 0.6) is 0 Å². The molecule has 0 unspecified atom stereocenters. The molecule has 0 radical (unpaired) electrons. The summed E-state index contributed by atoms with van der Waals surface area (Å²) in [5, 5.41) is 6.23. The summed E-state index contributed by atoms with van der Waals surface area (Å²) in [7, 11) is 1.84. The molecule has 72 valence electrons. The quantitative estimate of drug-likeness (QED) is 0.664. The fraction of sp³-hybridized carbons (Fsp3) is 0.556. The van der Waals surface area contributed by atoms with E-state index < -0.39 is 0 Å². The van der Waals surface area contributed by atoms with Gasteiger partial charge in [-0.1, -0.05) is 6.92 Å². The van der Waals surface area contributed by atoms with E-state index in [4.69, 9.17) is 0 Å². The van der Waals surface area contributed by atoms with Crippen LogP contribution in [0, 0.1) is 0 Å². The molecule has 0 aliphatic heterocycles. The van der Waals surface area contributed by atoms with Gasteiger partial charge in [-0.2, -0.15) is 0 Å². The highest BCUT2D eigenvalue weighted by atomic mass is 15.0. The Morgan fingerprint density at radius 1 is 1.38 bits per heavy atom. The molecule has 13 heavy (non-hydrogen) atoms. The maximum Gasteiger partial charge on any atom is 0.144 e. The molecule has 0 atom stereocenters.